The highest BCUT2D eigenvalue weighted by molar-refractivity contribution is 9.10. The summed E-state index contributed by atoms with van der Waals surface area (Å²) in [6.45, 7) is 2.08. The van der Waals surface area contributed by atoms with Gasteiger partial charge in [0, 0.05) is 17.7 Å². The Labute approximate surface area is 86.5 Å². The van der Waals surface area contributed by atoms with E-state index in [4.69, 9.17) is 5.11 Å². The van der Waals surface area contributed by atoms with Gasteiger partial charge < -0.3 is 10.0 Å². The molecular weight excluding hydrogens is 232 g/mol. The largest absolute Gasteiger partial charge is 0.394 e. The molecular formula is C9H13BrN2O. The van der Waals surface area contributed by atoms with Crippen molar-refractivity contribution in [1.29, 1.82) is 0 Å². The summed E-state index contributed by atoms with van der Waals surface area (Å²) in [5.41, 5.74) is 0. The lowest BCUT2D eigenvalue weighted by atomic mass is 10.3. The first-order valence-corrected chi connectivity index (χ1v) is 4.89. The molecule has 1 rings (SSSR count). The Kier molecular flexibility index (Phi) is 3.69. The first-order valence-electron chi connectivity index (χ1n) is 4.10. The molecule has 0 fully saturated rings. The van der Waals surface area contributed by atoms with Gasteiger partial charge in [0.25, 0.3) is 0 Å². The Hall–Kier alpha value is -0.610. The average molecular weight is 245 g/mol. The minimum Gasteiger partial charge on any atom is -0.394 e. The Bertz CT molecular complexity index is 280. The Balaban J connectivity index is 2.82. The van der Waals surface area contributed by atoms with Gasteiger partial charge in [-0.15, -0.1) is 0 Å². The van der Waals surface area contributed by atoms with E-state index >= 15 is 0 Å². The summed E-state index contributed by atoms with van der Waals surface area (Å²) in [5.74, 6) is 0.857. The van der Waals surface area contributed by atoms with Crippen LogP contribution in [0.4, 0.5) is 5.82 Å². The fourth-order valence-corrected chi connectivity index (χ4v) is 1.26. The number of hydrogen-bond donors (Lipinski definition) is 1. The standard InChI is InChI=1S/C9H13BrN2O/c1-7(6-13)12(2)9-5-8(10)3-4-11-9/h3-5,7,13H,6H2,1-2H3/t7-/m0/s1. The van der Waals surface area contributed by atoms with E-state index in [1.807, 2.05) is 31.0 Å². The molecule has 1 N–H and O–H groups in total. The number of likely N-dealkylation sites (N-methyl/N-ethyl adjacent to an activating group) is 1. The topological polar surface area (TPSA) is 36.4 Å². The normalized spacial score (nSPS) is 12.6. The fraction of sp³-hybridized carbons (Fsp3) is 0.444. The molecule has 1 aromatic rings. The number of anilines is 1. The third kappa shape index (κ3) is 2.67. The van der Waals surface area contributed by atoms with Gasteiger partial charge in [0.2, 0.25) is 0 Å². The second-order valence-corrected chi connectivity index (χ2v) is 3.89. The lowest BCUT2D eigenvalue weighted by molar-refractivity contribution is 0.270. The summed E-state index contributed by atoms with van der Waals surface area (Å²) in [6.07, 6.45) is 1.74. The van der Waals surface area contributed by atoms with Gasteiger partial charge in [-0.2, -0.15) is 0 Å². The number of aromatic nitrogens is 1. The van der Waals surface area contributed by atoms with Crippen LogP contribution in [0, 0.1) is 0 Å². The highest BCUT2D eigenvalue weighted by Crippen LogP contribution is 2.17. The summed E-state index contributed by atoms with van der Waals surface area (Å²) < 4.78 is 0.995. The van der Waals surface area contributed by atoms with E-state index in [9.17, 15) is 0 Å². The zero-order chi connectivity index (χ0) is 9.84. The summed E-state index contributed by atoms with van der Waals surface area (Å²) >= 11 is 3.37. The number of aliphatic hydroxyl groups is 1. The number of halogens is 1. The highest BCUT2D eigenvalue weighted by atomic mass is 79.9. The molecule has 72 valence electrons. The van der Waals surface area contributed by atoms with E-state index in [1.165, 1.54) is 0 Å². The molecule has 0 aliphatic heterocycles. The SMILES string of the molecule is C[C@@H](CO)N(C)c1cc(Br)ccn1. The number of nitrogens with zero attached hydrogens (tertiary/aromatic N) is 2. The maximum Gasteiger partial charge on any atom is 0.129 e. The predicted molar refractivity (Wildman–Crippen MR) is 56.9 cm³/mol. The number of hydrogen-bond acceptors (Lipinski definition) is 3. The lowest BCUT2D eigenvalue weighted by Crippen LogP contribution is -2.32. The zero-order valence-electron chi connectivity index (χ0n) is 7.74. The molecule has 0 saturated carbocycles. The molecule has 1 aromatic heterocycles. The fourth-order valence-electron chi connectivity index (χ4n) is 0.935. The van der Waals surface area contributed by atoms with Crippen LogP contribution >= 0.6 is 15.9 Å². The van der Waals surface area contributed by atoms with E-state index in [1.54, 1.807) is 6.20 Å². The van der Waals surface area contributed by atoms with Gasteiger partial charge in [0.1, 0.15) is 5.82 Å². The first kappa shape index (κ1) is 10.5. The van der Waals surface area contributed by atoms with Crippen LogP contribution < -0.4 is 4.90 Å². The van der Waals surface area contributed by atoms with Crippen molar-refractivity contribution in [1.82, 2.24) is 4.98 Å². The maximum atomic E-state index is 8.95. The molecule has 0 aliphatic carbocycles. The van der Waals surface area contributed by atoms with Crippen molar-refractivity contribution in [3.63, 3.8) is 0 Å². The molecule has 1 heterocycles. The smallest absolute Gasteiger partial charge is 0.129 e. The van der Waals surface area contributed by atoms with Gasteiger partial charge in [-0.25, -0.2) is 4.98 Å². The van der Waals surface area contributed by atoms with Crippen molar-refractivity contribution in [3.8, 4) is 0 Å². The Morgan fingerprint density at radius 3 is 2.92 bits per heavy atom. The van der Waals surface area contributed by atoms with Crippen LogP contribution in [0.3, 0.4) is 0 Å². The molecule has 3 nitrogen and oxygen atoms in total. The molecule has 0 unspecified atom stereocenters. The summed E-state index contributed by atoms with van der Waals surface area (Å²) in [5, 5.41) is 8.95. The highest BCUT2D eigenvalue weighted by Gasteiger charge is 2.09. The van der Waals surface area contributed by atoms with Crippen LogP contribution in [-0.4, -0.2) is 29.8 Å². The number of rotatable bonds is 3. The Morgan fingerprint density at radius 2 is 2.38 bits per heavy atom. The van der Waals surface area contributed by atoms with Crippen LogP contribution in [0.1, 0.15) is 6.92 Å². The van der Waals surface area contributed by atoms with Gasteiger partial charge in [-0.05, 0) is 19.1 Å². The van der Waals surface area contributed by atoms with Gasteiger partial charge in [0.15, 0.2) is 0 Å². The predicted octanol–water partition coefficient (Wildman–Crippen LogP) is 1.66. The third-order valence-electron chi connectivity index (χ3n) is 1.99. The summed E-state index contributed by atoms with van der Waals surface area (Å²) in [4.78, 5) is 6.13. The Morgan fingerprint density at radius 1 is 1.69 bits per heavy atom. The van der Waals surface area contributed by atoms with Crippen LogP contribution in [0.2, 0.25) is 0 Å². The molecule has 0 amide bonds. The summed E-state index contributed by atoms with van der Waals surface area (Å²) in [6, 6.07) is 3.88. The second-order valence-electron chi connectivity index (χ2n) is 2.97. The van der Waals surface area contributed by atoms with Crippen LogP contribution in [0.5, 0.6) is 0 Å². The molecule has 0 bridgehead atoms. The van der Waals surface area contributed by atoms with Crippen molar-refractivity contribution < 1.29 is 5.11 Å². The van der Waals surface area contributed by atoms with Crippen molar-refractivity contribution >= 4 is 21.7 Å². The lowest BCUT2D eigenvalue weighted by Gasteiger charge is -2.24. The van der Waals surface area contributed by atoms with E-state index in [-0.39, 0.29) is 12.6 Å². The number of pyridine rings is 1. The van der Waals surface area contributed by atoms with Crippen molar-refractivity contribution in [2.45, 2.75) is 13.0 Å². The molecule has 0 aliphatic rings. The van der Waals surface area contributed by atoms with Gasteiger partial charge in [-0.1, -0.05) is 15.9 Å². The molecule has 0 aromatic carbocycles. The molecule has 1 atom stereocenters. The quantitative estimate of drug-likeness (QED) is 0.879. The third-order valence-corrected chi connectivity index (χ3v) is 2.49. The van der Waals surface area contributed by atoms with Gasteiger partial charge in [-0.3, -0.25) is 0 Å². The minimum atomic E-state index is 0.0850. The van der Waals surface area contributed by atoms with E-state index in [0.717, 1.165) is 10.3 Å². The minimum absolute atomic E-state index is 0.0850. The van der Waals surface area contributed by atoms with Crippen LogP contribution in [-0.2, 0) is 0 Å². The number of aliphatic hydroxyl groups excluding tert-OH is 1. The first-order chi connectivity index (χ1) is 6.15. The van der Waals surface area contributed by atoms with E-state index in [2.05, 4.69) is 20.9 Å². The average Bonchev–Trinajstić information content (AvgIpc) is 2.15. The maximum absolute atomic E-state index is 8.95. The molecule has 0 radical (unpaired) electrons. The molecule has 13 heavy (non-hydrogen) atoms. The molecule has 0 spiro atoms. The molecule has 0 saturated heterocycles. The second kappa shape index (κ2) is 4.58. The zero-order valence-corrected chi connectivity index (χ0v) is 9.32. The van der Waals surface area contributed by atoms with Crippen molar-refractivity contribution in [2.75, 3.05) is 18.6 Å². The monoisotopic (exact) mass is 244 g/mol. The van der Waals surface area contributed by atoms with Gasteiger partial charge in [0.05, 0.1) is 12.6 Å². The van der Waals surface area contributed by atoms with E-state index < -0.39 is 0 Å². The van der Waals surface area contributed by atoms with Gasteiger partial charge >= 0.3 is 0 Å². The molecule has 4 heteroatoms. The van der Waals surface area contributed by atoms with Crippen molar-refractivity contribution in [2.24, 2.45) is 0 Å². The van der Waals surface area contributed by atoms with Crippen LogP contribution in [0.15, 0.2) is 22.8 Å². The van der Waals surface area contributed by atoms with Crippen molar-refractivity contribution in [3.05, 3.63) is 22.8 Å². The van der Waals surface area contributed by atoms with E-state index in [0.29, 0.717) is 0 Å². The summed E-state index contributed by atoms with van der Waals surface area (Å²) in [7, 11) is 1.91. The van der Waals surface area contributed by atoms with Crippen LogP contribution in [0.25, 0.3) is 0 Å².